The van der Waals surface area contributed by atoms with Crippen LogP contribution in [0.1, 0.15) is 49.8 Å². The van der Waals surface area contributed by atoms with Crippen molar-refractivity contribution in [2.45, 2.75) is 46.1 Å². The largest absolute Gasteiger partial charge is 0.467 e. The second-order valence-corrected chi connectivity index (χ2v) is 9.16. The number of para-hydroxylation sites is 1. The van der Waals surface area contributed by atoms with Crippen LogP contribution in [0.4, 0.5) is 0 Å². The molecule has 0 fully saturated rings. The lowest BCUT2D eigenvalue weighted by Crippen LogP contribution is -2.22. The Kier molecular flexibility index (Phi) is 6.97. The highest BCUT2D eigenvalue weighted by atomic mass is 79.9. The van der Waals surface area contributed by atoms with E-state index in [0.717, 1.165) is 39.5 Å². The van der Waals surface area contributed by atoms with Crippen molar-refractivity contribution in [2.24, 2.45) is 5.10 Å². The Balaban J connectivity index is 1.90. The summed E-state index contributed by atoms with van der Waals surface area (Å²) in [6.45, 7) is 5.85. The topological polar surface area (TPSA) is 78.5 Å². The summed E-state index contributed by atoms with van der Waals surface area (Å²) in [6.07, 6.45) is 4.23. The van der Waals surface area contributed by atoms with Crippen molar-refractivity contribution in [3.63, 3.8) is 0 Å². The Morgan fingerprint density at radius 1 is 1.24 bits per heavy atom. The number of halogens is 1. The summed E-state index contributed by atoms with van der Waals surface area (Å²) in [7, 11) is 1.39. The van der Waals surface area contributed by atoms with Crippen LogP contribution in [-0.4, -0.2) is 33.5 Å². The van der Waals surface area contributed by atoms with Crippen molar-refractivity contribution in [2.75, 3.05) is 7.11 Å². The van der Waals surface area contributed by atoms with Crippen LogP contribution in [0.15, 0.2) is 56.8 Å². The van der Waals surface area contributed by atoms with E-state index in [4.69, 9.17) is 9.72 Å². The van der Waals surface area contributed by atoms with Crippen LogP contribution in [0.3, 0.4) is 0 Å². The SMILES string of the molecule is CCCCc1nc2ccc(Br)cc2c(=O)n1N=Cc1c(C)n([C@@H](C)C(=O)OC)c2ccccc12. The lowest BCUT2D eigenvalue weighted by Gasteiger charge is -2.15. The summed E-state index contributed by atoms with van der Waals surface area (Å²) < 4.78 is 9.13. The van der Waals surface area contributed by atoms with E-state index in [-0.39, 0.29) is 11.5 Å². The molecule has 4 aromatic rings. The molecule has 0 amide bonds. The minimum Gasteiger partial charge on any atom is -0.467 e. The predicted molar refractivity (Wildman–Crippen MR) is 139 cm³/mol. The molecule has 0 unspecified atom stereocenters. The van der Waals surface area contributed by atoms with E-state index in [9.17, 15) is 9.59 Å². The fourth-order valence-electron chi connectivity index (χ4n) is 4.28. The monoisotopic (exact) mass is 522 g/mol. The number of ether oxygens (including phenoxy) is 1. The molecule has 34 heavy (non-hydrogen) atoms. The fraction of sp³-hybridized carbons (Fsp3) is 0.308. The molecule has 0 radical (unpaired) electrons. The number of aryl methyl sites for hydroxylation is 1. The minimum absolute atomic E-state index is 0.210. The van der Waals surface area contributed by atoms with Gasteiger partial charge in [-0.25, -0.2) is 9.78 Å². The van der Waals surface area contributed by atoms with E-state index in [1.54, 1.807) is 12.3 Å². The summed E-state index contributed by atoms with van der Waals surface area (Å²) in [5, 5.41) is 6.08. The molecule has 2 heterocycles. The number of esters is 1. The second-order valence-electron chi connectivity index (χ2n) is 8.24. The third-order valence-electron chi connectivity index (χ3n) is 6.07. The van der Waals surface area contributed by atoms with Crippen LogP contribution in [0.5, 0.6) is 0 Å². The molecule has 0 aliphatic carbocycles. The summed E-state index contributed by atoms with van der Waals surface area (Å²) >= 11 is 3.44. The number of fused-ring (bicyclic) bond motifs is 2. The second kappa shape index (κ2) is 9.93. The van der Waals surface area contributed by atoms with Gasteiger partial charge in [0.2, 0.25) is 0 Å². The Morgan fingerprint density at radius 3 is 2.74 bits per heavy atom. The van der Waals surface area contributed by atoms with E-state index >= 15 is 0 Å². The number of hydrogen-bond acceptors (Lipinski definition) is 5. The number of hydrogen-bond donors (Lipinski definition) is 0. The summed E-state index contributed by atoms with van der Waals surface area (Å²) in [5.41, 5.74) is 3.05. The van der Waals surface area contributed by atoms with Gasteiger partial charge in [0.25, 0.3) is 5.56 Å². The standard InChI is InChI=1S/C26H27BrN4O3/c1-5-6-11-24-29-22-13-12-18(27)14-20(22)25(32)31(24)28-15-21-16(2)30(17(3)26(33)34-4)23-10-8-7-9-19(21)23/h7-10,12-15,17H,5-6,11H2,1-4H3/t17-/m0/s1. The number of carbonyl (C=O) groups excluding carboxylic acids is 1. The van der Waals surface area contributed by atoms with Crippen LogP contribution in [0, 0.1) is 6.92 Å². The number of unbranched alkanes of at least 4 members (excludes halogenated alkanes) is 1. The molecule has 176 valence electrons. The number of aromatic nitrogens is 3. The maximum Gasteiger partial charge on any atom is 0.328 e. The van der Waals surface area contributed by atoms with Crippen LogP contribution < -0.4 is 5.56 Å². The zero-order valence-electron chi connectivity index (χ0n) is 19.7. The highest BCUT2D eigenvalue weighted by Gasteiger charge is 2.22. The fourth-order valence-corrected chi connectivity index (χ4v) is 4.64. The van der Waals surface area contributed by atoms with Gasteiger partial charge in [0.05, 0.1) is 24.2 Å². The molecule has 0 saturated heterocycles. The average molecular weight is 523 g/mol. The first-order valence-corrected chi connectivity index (χ1v) is 12.1. The Bertz CT molecular complexity index is 1470. The van der Waals surface area contributed by atoms with E-state index < -0.39 is 6.04 Å². The van der Waals surface area contributed by atoms with Crippen molar-refractivity contribution in [3.05, 3.63) is 74.4 Å². The first-order chi connectivity index (χ1) is 16.4. The van der Waals surface area contributed by atoms with Crippen molar-refractivity contribution in [3.8, 4) is 0 Å². The molecule has 0 spiro atoms. The normalized spacial score (nSPS) is 12.6. The minimum atomic E-state index is -0.500. The Hall–Kier alpha value is -3.26. The van der Waals surface area contributed by atoms with Gasteiger partial charge in [-0.2, -0.15) is 9.78 Å². The van der Waals surface area contributed by atoms with Crippen molar-refractivity contribution in [1.29, 1.82) is 0 Å². The van der Waals surface area contributed by atoms with Gasteiger partial charge >= 0.3 is 5.97 Å². The van der Waals surface area contributed by atoms with E-state index in [2.05, 4.69) is 28.0 Å². The number of nitrogens with zero attached hydrogens (tertiary/aromatic N) is 4. The van der Waals surface area contributed by atoms with Gasteiger partial charge in [-0.15, -0.1) is 0 Å². The molecule has 4 rings (SSSR count). The van der Waals surface area contributed by atoms with Gasteiger partial charge < -0.3 is 9.30 Å². The van der Waals surface area contributed by atoms with Gasteiger partial charge in [-0.05, 0) is 44.5 Å². The van der Waals surface area contributed by atoms with Gasteiger partial charge in [0.15, 0.2) is 0 Å². The molecular weight excluding hydrogens is 496 g/mol. The zero-order chi connectivity index (χ0) is 24.4. The van der Waals surface area contributed by atoms with Crippen molar-refractivity contribution in [1.82, 2.24) is 14.2 Å². The maximum atomic E-state index is 13.4. The lowest BCUT2D eigenvalue weighted by atomic mass is 10.1. The molecular formula is C26H27BrN4O3. The molecule has 1 atom stereocenters. The molecule has 2 aromatic heterocycles. The van der Waals surface area contributed by atoms with Crippen molar-refractivity contribution < 1.29 is 9.53 Å². The van der Waals surface area contributed by atoms with Gasteiger partial charge in [-0.1, -0.05) is 47.5 Å². The third kappa shape index (κ3) is 4.30. The third-order valence-corrected chi connectivity index (χ3v) is 6.56. The lowest BCUT2D eigenvalue weighted by molar-refractivity contribution is -0.143. The molecule has 0 saturated carbocycles. The molecule has 7 nitrogen and oxygen atoms in total. The number of carbonyl (C=O) groups is 1. The van der Waals surface area contributed by atoms with Crippen molar-refractivity contribution >= 4 is 49.9 Å². The number of rotatable bonds is 7. The van der Waals surface area contributed by atoms with E-state index in [1.165, 1.54) is 11.8 Å². The van der Waals surface area contributed by atoms with Gasteiger partial charge in [0.1, 0.15) is 11.9 Å². The van der Waals surface area contributed by atoms with Crippen LogP contribution in [0.25, 0.3) is 21.8 Å². The molecule has 8 heteroatoms. The molecule has 0 aliphatic heterocycles. The predicted octanol–water partition coefficient (Wildman–Crippen LogP) is 5.38. The average Bonchev–Trinajstić information content (AvgIpc) is 3.12. The smallest absolute Gasteiger partial charge is 0.328 e. The molecule has 2 aromatic carbocycles. The van der Waals surface area contributed by atoms with E-state index in [1.807, 2.05) is 54.8 Å². The first-order valence-electron chi connectivity index (χ1n) is 11.3. The first kappa shape index (κ1) is 23.9. The van der Waals surface area contributed by atoms with E-state index in [0.29, 0.717) is 23.1 Å². The highest BCUT2D eigenvalue weighted by molar-refractivity contribution is 9.10. The summed E-state index contributed by atoms with van der Waals surface area (Å²) in [6, 6.07) is 12.8. The van der Waals surface area contributed by atoms with Crippen LogP contribution >= 0.6 is 15.9 Å². The molecule has 0 N–H and O–H groups in total. The highest BCUT2D eigenvalue weighted by Crippen LogP contribution is 2.28. The van der Waals surface area contributed by atoms with Crippen LogP contribution in [0.2, 0.25) is 0 Å². The Labute approximate surface area is 206 Å². The zero-order valence-corrected chi connectivity index (χ0v) is 21.3. The van der Waals surface area contributed by atoms with Gasteiger partial charge in [0, 0.05) is 33.1 Å². The maximum absolute atomic E-state index is 13.4. The number of methoxy groups -OCH3 is 1. The molecule has 0 aliphatic rings. The summed E-state index contributed by atoms with van der Waals surface area (Å²) in [5.74, 6) is 0.303. The summed E-state index contributed by atoms with van der Waals surface area (Å²) in [4.78, 5) is 30.4. The number of benzene rings is 2. The Morgan fingerprint density at radius 2 is 2.00 bits per heavy atom. The van der Waals surface area contributed by atoms with Gasteiger partial charge in [-0.3, -0.25) is 4.79 Å². The molecule has 0 bridgehead atoms. The quantitative estimate of drug-likeness (QED) is 0.241. The van der Waals surface area contributed by atoms with Crippen LogP contribution in [-0.2, 0) is 16.0 Å².